The maximum absolute atomic E-state index is 11.8. The van der Waals surface area contributed by atoms with Gasteiger partial charge in [0, 0.05) is 5.69 Å². The first kappa shape index (κ1) is 14.1. The first-order chi connectivity index (χ1) is 9.04. The largest absolute Gasteiger partial charge is 0.399 e. The average Bonchev–Trinajstić information content (AvgIpc) is 2.76. The summed E-state index contributed by atoms with van der Waals surface area (Å²) in [5.74, 6) is 0.828. The lowest BCUT2D eigenvalue weighted by molar-refractivity contribution is -0.113. The van der Waals surface area contributed by atoms with E-state index in [1.54, 1.807) is 18.2 Å². The standard InChI is InChI=1S/C11H11ClN4OS2/c1-6-14-11(19-16-6)18-5-10(17)15-9-3-2-7(13)4-8(9)12/h2-4H,5,13H2,1H3,(H,15,17). The van der Waals surface area contributed by atoms with Crippen LogP contribution in [0.5, 0.6) is 0 Å². The van der Waals surface area contributed by atoms with Gasteiger partial charge in [-0.2, -0.15) is 4.37 Å². The fourth-order valence-corrected chi connectivity index (χ4v) is 2.97. The van der Waals surface area contributed by atoms with Crippen molar-refractivity contribution in [1.82, 2.24) is 9.36 Å². The van der Waals surface area contributed by atoms with Crippen molar-refractivity contribution in [1.29, 1.82) is 0 Å². The van der Waals surface area contributed by atoms with Crippen LogP contribution in [0.2, 0.25) is 5.02 Å². The Balaban J connectivity index is 1.90. The monoisotopic (exact) mass is 314 g/mol. The number of halogens is 1. The Morgan fingerprint density at radius 2 is 2.37 bits per heavy atom. The second-order valence-corrected chi connectivity index (χ2v) is 6.07. The zero-order valence-electron chi connectivity index (χ0n) is 10.0. The van der Waals surface area contributed by atoms with Crippen LogP contribution in [-0.2, 0) is 4.79 Å². The van der Waals surface area contributed by atoms with E-state index >= 15 is 0 Å². The number of thioether (sulfide) groups is 1. The van der Waals surface area contributed by atoms with Crippen molar-refractivity contribution < 1.29 is 4.79 Å². The Morgan fingerprint density at radius 1 is 1.58 bits per heavy atom. The van der Waals surface area contributed by atoms with Gasteiger partial charge in [-0.05, 0) is 36.7 Å². The molecule has 1 aromatic carbocycles. The Kier molecular flexibility index (Phi) is 4.62. The summed E-state index contributed by atoms with van der Waals surface area (Å²) < 4.78 is 4.82. The molecule has 0 atom stereocenters. The molecule has 0 spiro atoms. The molecule has 100 valence electrons. The SMILES string of the molecule is Cc1nsc(SCC(=O)Nc2ccc(N)cc2Cl)n1. The van der Waals surface area contributed by atoms with Crippen LogP contribution in [-0.4, -0.2) is 21.0 Å². The van der Waals surface area contributed by atoms with E-state index < -0.39 is 0 Å². The number of nitrogen functional groups attached to an aromatic ring is 1. The summed E-state index contributed by atoms with van der Waals surface area (Å²) in [4.78, 5) is 15.9. The van der Waals surface area contributed by atoms with Crippen molar-refractivity contribution in [3.8, 4) is 0 Å². The number of carbonyl (C=O) groups excluding carboxylic acids is 1. The van der Waals surface area contributed by atoms with E-state index in [9.17, 15) is 4.79 Å². The van der Waals surface area contributed by atoms with E-state index in [4.69, 9.17) is 17.3 Å². The molecule has 0 fully saturated rings. The normalized spacial score (nSPS) is 10.4. The van der Waals surface area contributed by atoms with Crippen LogP contribution in [0.4, 0.5) is 11.4 Å². The molecule has 0 unspecified atom stereocenters. The lowest BCUT2D eigenvalue weighted by atomic mass is 10.3. The molecule has 2 aromatic rings. The summed E-state index contributed by atoms with van der Waals surface area (Å²) >= 11 is 8.60. The second kappa shape index (κ2) is 6.23. The highest BCUT2D eigenvalue weighted by Crippen LogP contribution is 2.25. The van der Waals surface area contributed by atoms with Crippen molar-refractivity contribution >= 4 is 52.2 Å². The summed E-state index contributed by atoms with van der Waals surface area (Å²) in [6.45, 7) is 1.81. The molecule has 5 nitrogen and oxygen atoms in total. The molecule has 8 heteroatoms. The van der Waals surface area contributed by atoms with Gasteiger partial charge in [-0.3, -0.25) is 4.79 Å². The number of rotatable bonds is 4. The van der Waals surface area contributed by atoms with Gasteiger partial charge in [-0.1, -0.05) is 23.4 Å². The van der Waals surface area contributed by atoms with Crippen molar-refractivity contribution in [3.05, 3.63) is 29.0 Å². The topological polar surface area (TPSA) is 80.9 Å². The number of aryl methyl sites for hydroxylation is 1. The molecular formula is C11H11ClN4OS2. The average molecular weight is 315 g/mol. The third kappa shape index (κ3) is 4.09. The number of nitrogens with two attached hydrogens (primary N) is 1. The van der Waals surface area contributed by atoms with E-state index in [2.05, 4.69) is 14.7 Å². The van der Waals surface area contributed by atoms with E-state index in [0.29, 0.717) is 16.4 Å². The molecule has 2 rings (SSSR count). The third-order valence-electron chi connectivity index (χ3n) is 2.10. The minimum Gasteiger partial charge on any atom is -0.399 e. The number of carbonyl (C=O) groups is 1. The van der Waals surface area contributed by atoms with Crippen LogP contribution >= 0.6 is 34.9 Å². The van der Waals surface area contributed by atoms with E-state index in [0.717, 1.165) is 10.2 Å². The molecule has 0 bridgehead atoms. The fourth-order valence-electron chi connectivity index (χ4n) is 1.28. The Hall–Kier alpha value is -1.31. The summed E-state index contributed by atoms with van der Waals surface area (Å²) in [7, 11) is 0. The third-order valence-corrected chi connectivity index (χ3v) is 4.34. The number of anilines is 2. The number of benzene rings is 1. The molecule has 0 aliphatic carbocycles. The van der Waals surface area contributed by atoms with E-state index in [-0.39, 0.29) is 11.7 Å². The zero-order valence-corrected chi connectivity index (χ0v) is 12.4. The molecule has 0 radical (unpaired) electrons. The molecule has 3 N–H and O–H groups in total. The van der Waals surface area contributed by atoms with Gasteiger partial charge >= 0.3 is 0 Å². The first-order valence-corrected chi connectivity index (χ1v) is 7.46. The number of amides is 1. The molecule has 0 aliphatic rings. The molecule has 0 saturated carbocycles. The molecule has 0 saturated heterocycles. The highest BCUT2D eigenvalue weighted by atomic mass is 35.5. The zero-order chi connectivity index (χ0) is 13.8. The smallest absolute Gasteiger partial charge is 0.234 e. The number of aromatic nitrogens is 2. The van der Waals surface area contributed by atoms with Crippen LogP contribution in [0, 0.1) is 6.92 Å². The van der Waals surface area contributed by atoms with Crippen LogP contribution in [0.15, 0.2) is 22.5 Å². The van der Waals surface area contributed by atoms with Gasteiger partial charge in [0.05, 0.1) is 16.5 Å². The number of nitrogens with one attached hydrogen (secondary N) is 1. The second-order valence-electron chi connectivity index (χ2n) is 3.68. The lowest BCUT2D eigenvalue weighted by Crippen LogP contribution is -2.14. The van der Waals surface area contributed by atoms with Gasteiger partial charge in [-0.15, -0.1) is 0 Å². The van der Waals surface area contributed by atoms with Crippen LogP contribution in [0.25, 0.3) is 0 Å². The summed E-state index contributed by atoms with van der Waals surface area (Å²) in [5.41, 5.74) is 6.69. The van der Waals surface area contributed by atoms with E-state index in [1.807, 2.05) is 6.92 Å². The summed E-state index contributed by atoms with van der Waals surface area (Å²) in [5, 5.41) is 3.15. The quantitative estimate of drug-likeness (QED) is 0.670. The maximum atomic E-state index is 11.8. The minimum atomic E-state index is -0.149. The number of hydrogen-bond donors (Lipinski definition) is 2. The van der Waals surface area contributed by atoms with E-state index in [1.165, 1.54) is 23.3 Å². The van der Waals surface area contributed by atoms with Crippen molar-refractivity contribution in [2.24, 2.45) is 0 Å². The predicted octanol–water partition coefficient (Wildman–Crippen LogP) is 2.81. The Labute approximate surface area is 123 Å². The van der Waals surface area contributed by atoms with Crippen molar-refractivity contribution in [3.63, 3.8) is 0 Å². The highest BCUT2D eigenvalue weighted by Gasteiger charge is 2.08. The van der Waals surface area contributed by atoms with Crippen LogP contribution in [0.3, 0.4) is 0 Å². The van der Waals surface area contributed by atoms with Gasteiger partial charge in [0.15, 0.2) is 4.34 Å². The summed E-state index contributed by atoms with van der Waals surface area (Å²) in [6, 6.07) is 4.95. The minimum absolute atomic E-state index is 0.149. The van der Waals surface area contributed by atoms with Gasteiger partial charge in [-0.25, -0.2) is 4.98 Å². The lowest BCUT2D eigenvalue weighted by Gasteiger charge is -2.06. The molecular weight excluding hydrogens is 304 g/mol. The van der Waals surface area contributed by atoms with Crippen molar-refractivity contribution in [2.45, 2.75) is 11.3 Å². The first-order valence-electron chi connectivity index (χ1n) is 5.32. The number of nitrogens with zero attached hydrogens (tertiary/aromatic N) is 2. The molecule has 0 aliphatic heterocycles. The van der Waals surface area contributed by atoms with Crippen LogP contribution < -0.4 is 11.1 Å². The number of hydrogen-bond acceptors (Lipinski definition) is 6. The Morgan fingerprint density at radius 3 is 3.00 bits per heavy atom. The summed E-state index contributed by atoms with van der Waals surface area (Å²) in [6.07, 6.45) is 0. The van der Waals surface area contributed by atoms with Crippen molar-refractivity contribution in [2.75, 3.05) is 16.8 Å². The molecule has 19 heavy (non-hydrogen) atoms. The van der Waals surface area contributed by atoms with Gasteiger partial charge in [0.25, 0.3) is 0 Å². The molecule has 1 heterocycles. The van der Waals surface area contributed by atoms with Gasteiger partial charge < -0.3 is 11.1 Å². The molecule has 1 amide bonds. The van der Waals surface area contributed by atoms with Gasteiger partial charge in [0.1, 0.15) is 5.82 Å². The predicted molar refractivity (Wildman–Crippen MR) is 79.9 cm³/mol. The van der Waals surface area contributed by atoms with Gasteiger partial charge in [0.2, 0.25) is 5.91 Å². The maximum Gasteiger partial charge on any atom is 0.234 e. The Bertz CT molecular complexity index is 602. The highest BCUT2D eigenvalue weighted by molar-refractivity contribution is 8.01. The molecule has 1 aromatic heterocycles. The fraction of sp³-hybridized carbons (Fsp3) is 0.182. The van der Waals surface area contributed by atoms with Crippen LogP contribution in [0.1, 0.15) is 5.82 Å².